The van der Waals surface area contributed by atoms with Crippen molar-refractivity contribution in [1.29, 1.82) is 0 Å². The molecule has 0 unspecified atom stereocenters. The molecule has 4 aromatic rings. The summed E-state index contributed by atoms with van der Waals surface area (Å²) in [4.78, 5) is 52.1. The molecule has 0 bridgehead atoms. The third-order valence-corrected chi connectivity index (χ3v) is 9.42. The fraction of sp³-hybridized carbons (Fsp3) is 0.500. The molecular formula is C38H46N8O11. The van der Waals surface area contributed by atoms with Gasteiger partial charge in [0.1, 0.15) is 67.1 Å². The third-order valence-electron chi connectivity index (χ3n) is 9.42. The Bertz CT molecular complexity index is 2210. The first-order valence-electron chi connectivity index (χ1n) is 18.0. The number of nitrogen functional groups attached to an aromatic ring is 2. The molecule has 2 aliphatic rings. The number of carbonyl (C=O) groups excluding carboxylic acids is 3. The van der Waals surface area contributed by atoms with E-state index in [0.29, 0.717) is 22.1 Å². The van der Waals surface area contributed by atoms with Crippen LogP contribution in [-0.2, 0) is 38.1 Å². The highest BCUT2D eigenvalue weighted by atomic mass is 16.6. The highest BCUT2D eigenvalue weighted by molar-refractivity contribution is 5.87. The lowest BCUT2D eigenvalue weighted by molar-refractivity contribution is -0.166. The maximum absolute atomic E-state index is 12.3. The zero-order valence-corrected chi connectivity index (χ0v) is 32.2. The smallest absolute Gasteiger partial charge is 0.308 e. The van der Waals surface area contributed by atoms with Crippen LogP contribution in [0.5, 0.6) is 0 Å². The lowest BCUT2D eigenvalue weighted by Crippen LogP contribution is -2.49. The molecule has 4 aromatic heterocycles. The molecule has 2 saturated heterocycles. The Labute approximate surface area is 327 Å². The molecule has 0 radical (unpaired) electrons. The first-order valence-corrected chi connectivity index (χ1v) is 18.0. The van der Waals surface area contributed by atoms with Crippen molar-refractivity contribution in [3.05, 3.63) is 37.2 Å². The molecule has 19 nitrogen and oxygen atoms in total. The van der Waals surface area contributed by atoms with Crippen LogP contribution in [0.4, 0.5) is 11.6 Å². The normalized spacial score (nSPS) is 26.9. The second kappa shape index (κ2) is 16.7. The number of aromatic nitrogens is 6. The summed E-state index contributed by atoms with van der Waals surface area (Å²) in [5, 5.41) is 33.8. The molecule has 0 amide bonds. The summed E-state index contributed by atoms with van der Waals surface area (Å²) in [5.41, 5.74) is 8.38. The quantitative estimate of drug-likeness (QED) is 0.0847. The van der Waals surface area contributed by atoms with E-state index in [-0.39, 0.29) is 36.7 Å². The molecule has 2 fully saturated rings. The molecule has 7 N–H and O–H groups in total. The van der Waals surface area contributed by atoms with Crippen LogP contribution in [-0.4, -0.2) is 111 Å². The van der Waals surface area contributed by atoms with Gasteiger partial charge in [-0.05, 0) is 12.1 Å². The number of aliphatic hydroxyl groups is 3. The molecule has 19 heteroatoms. The van der Waals surface area contributed by atoms with Crippen molar-refractivity contribution in [3.63, 3.8) is 0 Å². The van der Waals surface area contributed by atoms with E-state index >= 15 is 0 Å². The highest BCUT2D eigenvalue weighted by Gasteiger charge is 2.59. The van der Waals surface area contributed by atoms with E-state index in [4.69, 9.17) is 48.0 Å². The SMILES string of the molecule is C#C[C@@]1(O)[C@H](O)[C@@H](COC(=O)C(C)C)O[C@H]1n1ccc2c(N)ncnc21.C#C[C@@]1(O)[C@H](OC(=O)C(C)C)[C@@H](COC(=O)C(C)C)O[C@H]1n1ccc2c(N)ncnc21. The van der Waals surface area contributed by atoms with E-state index in [1.54, 1.807) is 66.1 Å². The van der Waals surface area contributed by atoms with Gasteiger partial charge in [-0.25, -0.2) is 19.9 Å². The molecule has 0 spiro atoms. The Hall–Kier alpha value is -5.83. The van der Waals surface area contributed by atoms with E-state index in [2.05, 4.69) is 31.8 Å². The summed E-state index contributed by atoms with van der Waals surface area (Å²) >= 11 is 0. The van der Waals surface area contributed by atoms with E-state index in [1.807, 2.05) is 0 Å². The van der Waals surface area contributed by atoms with E-state index in [9.17, 15) is 29.7 Å². The number of nitrogens with two attached hydrogens (primary N) is 2. The minimum atomic E-state index is -2.06. The maximum atomic E-state index is 12.3. The van der Waals surface area contributed by atoms with Crippen molar-refractivity contribution in [1.82, 2.24) is 29.1 Å². The van der Waals surface area contributed by atoms with Gasteiger partial charge in [0.25, 0.3) is 0 Å². The predicted molar refractivity (Wildman–Crippen MR) is 202 cm³/mol. The summed E-state index contributed by atoms with van der Waals surface area (Å²) in [7, 11) is 0. The first kappa shape index (κ1) is 42.3. The fourth-order valence-electron chi connectivity index (χ4n) is 6.11. The zero-order chi connectivity index (χ0) is 42.0. The van der Waals surface area contributed by atoms with Crippen molar-refractivity contribution in [2.45, 2.75) is 89.6 Å². The van der Waals surface area contributed by atoms with Gasteiger partial charge in [-0.2, -0.15) is 0 Å². The first-order chi connectivity index (χ1) is 26.9. The standard InChI is InChI=1S/C21H26N4O6.C17H20N4O5/c1-6-21(28)15(31-19(27)12(4)5)14(9-29-18(26)11(2)3)30-20(21)25-8-7-13-16(22)23-10-24-17(13)25;1-4-17(24)12(22)11(7-25-15(23)9(2)3)26-16(17)21-6-5-10-13(18)19-8-20-14(10)21/h1,7-8,10-12,14-15,20,28H,9H2,2-5H3,(H2,22,23,24);1,5-6,8-9,11-12,16,22,24H,7H2,2-3H3,(H2,18,19,20)/t14-,15-,20-,21-;11-,12-,16-,17-/m11/s1. The van der Waals surface area contributed by atoms with Gasteiger partial charge in [0, 0.05) is 12.4 Å². The fourth-order valence-corrected chi connectivity index (χ4v) is 6.11. The van der Waals surface area contributed by atoms with Crippen LogP contribution in [0.25, 0.3) is 22.1 Å². The van der Waals surface area contributed by atoms with Crippen molar-refractivity contribution in [2.24, 2.45) is 17.8 Å². The number of hydrogen-bond acceptors (Lipinski definition) is 17. The van der Waals surface area contributed by atoms with E-state index in [1.165, 1.54) is 21.8 Å². The average molecular weight is 791 g/mol. The van der Waals surface area contributed by atoms with Crippen LogP contribution >= 0.6 is 0 Å². The van der Waals surface area contributed by atoms with Crippen LogP contribution in [0.2, 0.25) is 0 Å². The van der Waals surface area contributed by atoms with Crippen molar-refractivity contribution in [2.75, 3.05) is 24.7 Å². The van der Waals surface area contributed by atoms with Crippen LogP contribution in [0.1, 0.15) is 54.0 Å². The number of terminal acetylenes is 2. The topological polar surface area (TPSA) is 272 Å². The molecule has 6 rings (SSSR count). The second-order valence-corrected chi connectivity index (χ2v) is 14.5. The molecule has 8 atom stereocenters. The third kappa shape index (κ3) is 8.06. The number of nitrogens with zero attached hydrogens (tertiary/aromatic N) is 6. The molecule has 6 heterocycles. The average Bonchev–Trinajstić information content (AvgIpc) is 3.93. The Balaban J connectivity index is 0.000000221. The van der Waals surface area contributed by atoms with Crippen LogP contribution in [0.3, 0.4) is 0 Å². The number of rotatable bonds is 10. The number of carbonyl (C=O) groups is 3. The van der Waals surface area contributed by atoms with Gasteiger partial charge in [-0.1, -0.05) is 53.4 Å². The summed E-state index contributed by atoms with van der Waals surface area (Å²) < 4.78 is 30.6. The molecular weight excluding hydrogens is 744 g/mol. The largest absolute Gasteiger partial charge is 0.463 e. The Morgan fingerprint density at radius 3 is 1.61 bits per heavy atom. The van der Waals surface area contributed by atoms with Crippen LogP contribution in [0, 0.1) is 42.4 Å². The minimum Gasteiger partial charge on any atom is -0.463 e. The lowest BCUT2D eigenvalue weighted by atomic mass is 9.94. The number of anilines is 2. The number of esters is 3. The summed E-state index contributed by atoms with van der Waals surface area (Å²) in [6.07, 6.45) is 9.82. The molecule has 0 saturated carbocycles. The molecule has 2 aliphatic heterocycles. The number of fused-ring (bicyclic) bond motifs is 2. The summed E-state index contributed by atoms with van der Waals surface area (Å²) in [6.45, 7) is 9.54. The van der Waals surface area contributed by atoms with Gasteiger partial charge in [-0.3, -0.25) is 14.4 Å². The molecule has 304 valence electrons. The number of hydrogen-bond donors (Lipinski definition) is 5. The predicted octanol–water partition coefficient (Wildman–Crippen LogP) is 0.878. The second-order valence-electron chi connectivity index (χ2n) is 14.5. The lowest BCUT2D eigenvalue weighted by Gasteiger charge is -2.29. The maximum Gasteiger partial charge on any atom is 0.308 e. The highest BCUT2D eigenvalue weighted by Crippen LogP contribution is 2.43. The Morgan fingerprint density at radius 1 is 0.754 bits per heavy atom. The number of aliphatic hydroxyl groups excluding tert-OH is 1. The van der Waals surface area contributed by atoms with E-state index < -0.39 is 71.9 Å². The molecule has 0 aromatic carbocycles. The van der Waals surface area contributed by atoms with Crippen LogP contribution in [0.15, 0.2) is 37.2 Å². The Morgan fingerprint density at radius 2 is 1.18 bits per heavy atom. The van der Waals surface area contributed by atoms with Gasteiger partial charge in [0.15, 0.2) is 24.2 Å². The monoisotopic (exact) mass is 790 g/mol. The van der Waals surface area contributed by atoms with Crippen molar-refractivity contribution in [3.8, 4) is 24.7 Å². The van der Waals surface area contributed by atoms with Gasteiger partial charge in [0.2, 0.25) is 5.60 Å². The minimum absolute atomic E-state index is 0.241. The summed E-state index contributed by atoms with van der Waals surface area (Å²) in [5.74, 6) is 2.36. The number of ether oxygens (including phenoxy) is 5. The Kier molecular flexibility index (Phi) is 12.4. The van der Waals surface area contributed by atoms with Gasteiger partial charge >= 0.3 is 17.9 Å². The molecule has 57 heavy (non-hydrogen) atoms. The molecule has 0 aliphatic carbocycles. The van der Waals surface area contributed by atoms with Crippen molar-refractivity contribution >= 4 is 51.6 Å². The van der Waals surface area contributed by atoms with Gasteiger partial charge in [-0.15, -0.1) is 12.8 Å². The summed E-state index contributed by atoms with van der Waals surface area (Å²) in [6, 6.07) is 3.32. The van der Waals surface area contributed by atoms with Gasteiger partial charge < -0.3 is 59.6 Å². The van der Waals surface area contributed by atoms with Crippen molar-refractivity contribution < 1.29 is 53.4 Å². The van der Waals surface area contributed by atoms with Crippen LogP contribution < -0.4 is 11.5 Å². The van der Waals surface area contributed by atoms with Gasteiger partial charge in [0.05, 0.1) is 28.5 Å². The van der Waals surface area contributed by atoms with E-state index in [0.717, 1.165) is 0 Å². The zero-order valence-electron chi connectivity index (χ0n) is 32.2.